The Bertz CT molecular complexity index is 1460. The summed E-state index contributed by atoms with van der Waals surface area (Å²) in [6.45, 7) is 3.66. The van der Waals surface area contributed by atoms with Crippen LogP contribution in [0.2, 0.25) is 0 Å². The number of aryl methyl sites for hydroxylation is 3. The van der Waals surface area contributed by atoms with Crippen LogP contribution in [0.15, 0.2) is 65.8 Å². The maximum absolute atomic E-state index is 13.2. The smallest absolute Gasteiger partial charge is 0.265 e. The number of anilines is 2. The largest absolute Gasteiger partial charge is 0.495 e. The molecule has 0 saturated carbocycles. The summed E-state index contributed by atoms with van der Waals surface area (Å²) in [6.07, 6.45) is 1.68. The van der Waals surface area contributed by atoms with E-state index in [-0.39, 0.29) is 16.6 Å². The molecule has 1 heterocycles. The van der Waals surface area contributed by atoms with Crippen LogP contribution in [0.25, 0.3) is 11.0 Å². The molecular weight excluding hydrogens is 440 g/mol. The maximum Gasteiger partial charge on any atom is 0.265 e. The zero-order valence-corrected chi connectivity index (χ0v) is 19.5. The van der Waals surface area contributed by atoms with E-state index in [0.29, 0.717) is 16.9 Å². The normalized spacial score (nSPS) is 11.4. The quantitative estimate of drug-likeness (QED) is 0.444. The third-order valence-electron chi connectivity index (χ3n) is 5.42. The SMILES string of the molecule is COc1ccc(NC(=O)c2ccc3ncn(C)c3c2)cc1S(=O)(=O)Nc1c(C)cccc1C. The van der Waals surface area contributed by atoms with E-state index < -0.39 is 10.0 Å². The number of fused-ring (bicyclic) bond motifs is 1. The van der Waals surface area contributed by atoms with Crippen molar-refractivity contribution in [2.45, 2.75) is 18.7 Å². The van der Waals surface area contributed by atoms with Gasteiger partial charge in [-0.25, -0.2) is 13.4 Å². The molecule has 8 nitrogen and oxygen atoms in total. The van der Waals surface area contributed by atoms with Gasteiger partial charge in [0.05, 0.1) is 30.2 Å². The van der Waals surface area contributed by atoms with Crippen molar-refractivity contribution in [3.05, 3.63) is 77.6 Å². The Morgan fingerprint density at radius 3 is 2.45 bits per heavy atom. The van der Waals surface area contributed by atoms with Crippen LogP contribution in [0.5, 0.6) is 5.75 Å². The lowest BCUT2D eigenvalue weighted by molar-refractivity contribution is 0.102. The summed E-state index contributed by atoms with van der Waals surface area (Å²) in [5, 5.41) is 2.77. The van der Waals surface area contributed by atoms with E-state index in [1.165, 1.54) is 19.2 Å². The Balaban J connectivity index is 1.66. The van der Waals surface area contributed by atoms with Crippen LogP contribution < -0.4 is 14.8 Å². The zero-order valence-electron chi connectivity index (χ0n) is 18.7. The van der Waals surface area contributed by atoms with Crippen LogP contribution in [0.3, 0.4) is 0 Å². The molecule has 0 fully saturated rings. The minimum Gasteiger partial charge on any atom is -0.495 e. The van der Waals surface area contributed by atoms with E-state index in [1.54, 1.807) is 30.6 Å². The highest BCUT2D eigenvalue weighted by Gasteiger charge is 2.22. The molecule has 170 valence electrons. The van der Waals surface area contributed by atoms with Gasteiger partial charge in [0, 0.05) is 18.3 Å². The van der Waals surface area contributed by atoms with Gasteiger partial charge in [0.25, 0.3) is 15.9 Å². The second-order valence-electron chi connectivity index (χ2n) is 7.75. The number of hydrogen-bond acceptors (Lipinski definition) is 5. The number of aromatic nitrogens is 2. The van der Waals surface area contributed by atoms with Crippen LogP contribution >= 0.6 is 0 Å². The van der Waals surface area contributed by atoms with Crippen LogP contribution in [-0.2, 0) is 17.1 Å². The first-order chi connectivity index (χ1) is 15.7. The van der Waals surface area contributed by atoms with Gasteiger partial charge in [-0.15, -0.1) is 0 Å². The predicted molar refractivity (Wildman–Crippen MR) is 128 cm³/mol. The standard InChI is InChI=1S/C24H24N4O4S/c1-15-6-5-7-16(2)23(15)27-33(30,31)22-13-18(9-11-21(22)32-4)26-24(29)17-8-10-19-20(12-17)28(3)14-25-19/h5-14,27H,1-4H3,(H,26,29). The molecule has 3 aromatic carbocycles. The third kappa shape index (κ3) is 4.40. The summed E-state index contributed by atoms with van der Waals surface area (Å²) in [4.78, 5) is 17.0. The Labute approximate surface area is 192 Å². The van der Waals surface area contributed by atoms with Gasteiger partial charge in [0.15, 0.2) is 0 Å². The first-order valence-corrected chi connectivity index (χ1v) is 11.7. The molecule has 0 aliphatic heterocycles. The van der Waals surface area contributed by atoms with E-state index in [1.807, 2.05) is 43.7 Å². The highest BCUT2D eigenvalue weighted by molar-refractivity contribution is 7.92. The summed E-state index contributed by atoms with van der Waals surface area (Å²) in [7, 11) is -0.743. The fraction of sp³-hybridized carbons (Fsp3) is 0.167. The van der Waals surface area contributed by atoms with Crippen molar-refractivity contribution in [2.75, 3.05) is 17.1 Å². The molecule has 9 heteroatoms. The number of carbonyl (C=O) groups excluding carboxylic acids is 1. The number of rotatable bonds is 6. The first-order valence-electron chi connectivity index (χ1n) is 10.2. The second-order valence-corrected chi connectivity index (χ2v) is 9.40. The van der Waals surface area contributed by atoms with Gasteiger partial charge in [0.1, 0.15) is 10.6 Å². The number of hydrogen-bond donors (Lipinski definition) is 2. The summed E-state index contributed by atoms with van der Waals surface area (Å²) in [6, 6.07) is 15.2. The van der Waals surface area contributed by atoms with Crippen molar-refractivity contribution in [2.24, 2.45) is 7.05 Å². The second kappa shape index (κ2) is 8.59. The van der Waals surface area contributed by atoms with Gasteiger partial charge in [0.2, 0.25) is 0 Å². The summed E-state index contributed by atoms with van der Waals surface area (Å²) >= 11 is 0. The summed E-state index contributed by atoms with van der Waals surface area (Å²) < 4.78 is 36.2. The molecule has 4 rings (SSSR count). The number of nitrogens with zero attached hydrogens (tertiary/aromatic N) is 2. The highest BCUT2D eigenvalue weighted by Crippen LogP contribution is 2.31. The number of sulfonamides is 1. The molecular formula is C24H24N4O4S. The molecule has 0 radical (unpaired) electrons. The molecule has 2 N–H and O–H groups in total. The molecule has 0 aliphatic carbocycles. The van der Waals surface area contributed by atoms with Crippen molar-refractivity contribution in [3.63, 3.8) is 0 Å². The lowest BCUT2D eigenvalue weighted by Crippen LogP contribution is -2.17. The molecule has 4 aromatic rings. The van der Waals surface area contributed by atoms with Crippen molar-refractivity contribution in [3.8, 4) is 5.75 Å². The number of amides is 1. The van der Waals surface area contributed by atoms with Gasteiger partial charge >= 0.3 is 0 Å². The molecule has 0 atom stereocenters. The predicted octanol–water partition coefficient (Wildman–Crippen LogP) is 4.25. The Hall–Kier alpha value is -3.85. The fourth-order valence-electron chi connectivity index (χ4n) is 3.60. The van der Waals surface area contributed by atoms with Gasteiger partial charge in [-0.05, 0) is 61.4 Å². The van der Waals surface area contributed by atoms with Crippen LogP contribution in [0.4, 0.5) is 11.4 Å². The number of imidazole rings is 1. The average Bonchev–Trinajstić information content (AvgIpc) is 3.16. The van der Waals surface area contributed by atoms with E-state index in [0.717, 1.165) is 22.2 Å². The van der Waals surface area contributed by atoms with Crippen molar-refractivity contribution >= 4 is 38.3 Å². The molecule has 0 unspecified atom stereocenters. The number of ether oxygens (including phenoxy) is 1. The van der Waals surface area contributed by atoms with E-state index >= 15 is 0 Å². The number of nitrogens with one attached hydrogen (secondary N) is 2. The van der Waals surface area contributed by atoms with E-state index in [4.69, 9.17) is 4.74 Å². The van der Waals surface area contributed by atoms with E-state index in [9.17, 15) is 13.2 Å². The topological polar surface area (TPSA) is 102 Å². The molecule has 0 bridgehead atoms. The molecule has 0 saturated heterocycles. The van der Waals surface area contributed by atoms with Crippen molar-refractivity contribution < 1.29 is 17.9 Å². The Morgan fingerprint density at radius 1 is 1.03 bits per heavy atom. The van der Waals surface area contributed by atoms with Crippen LogP contribution in [0.1, 0.15) is 21.5 Å². The van der Waals surface area contributed by atoms with Gasteiger partial charge in [-0.1, -0.05) is 18.2 Å². The minimum absolute atomic E-state index is 0.0764. The fourth-order valence-corrected chi connectivity index (χ4v) is 5.00. The van der Waals surface area contributed by atoms with Gasteiger partial charge < -0.3 is 14.6 Å². The van der Waals surface area contributed by atoms with Crippen LogP contribution in [-0.4, -0.2) is 31.0 Å². The van der Waals surface area contributed by atoms with Gasteiger partial charge in [-0.2, -0.15) is 0 Å². The van der Waals surface area contributed by atoms with Gasteiger partial charge in [-0.3, -0.25) is 9.52 Å². The van der Waals surface area contributed by atoms with Crippen LogP contribution in [0, 0.1) is 13.8 Å². The van der Waals surface area contributed by atoms with Crippen molar-refractivity contribution in [1.29, 1.82) is 0 Å². The summed E-state index contributed by atoms with van der Waals surface area (Å²) in [5.41, 5.74) is 4.47. The lowest BCUT2D eigenvalue weighted by Gasteiger charge is -2.16. The number of methoxy groups -OCH3 is 1. The average molecular weight is 465 g/mol. The molecule has 0 aliphatic rings. The number of benzene rings is 3. The Morgan fingerprint density at radius 2 is 1.76 bits per heavy atom. The molecule has 33 heavy (non-hydrogen) atoms. The zero-order chi connectivity index (χ0) is 23.8. The highest BCUT2D eigenvalue weighted by atomic mass is 32.2. The Kier molecular flexibility index (Phi) is 5.82. The van der Waals surface area contributed by atoms with Crippen molar-refractivity contribution in [1.82, 2.24) is 9.55 Å². The summed E-state index contributed by atoms with van der Waals surface area (Å²) in [5.74, 6) is -0.197. The first kappa shape index (κ1) is 22.3. The number of carbonyl (C=O) groups is 1. The molecule has 0 spiro atoms. The molecule has 1 aromatic heterocycles. The third-order valence-corrected chi connectivity index (χ3v) is 6.79. The minimum atomic E-state index is -3.99. The monoisotopic (exact) mass is 464 g/mol. The maximum atomic E-state index is 13.2. The lowest BCUT2D eigenvalue weighted by atomic mass is 10.1. The van der Waals surface area contributed by atoms with E-state index in [2.05, 4.69) is 15.0 Å². The number of para-hydroxylation sites is 1. The molecule has 1 amide bonds.